The van der Waals surface area contributed by atoms with Crippen molar-refractivity contribution >= 4 is 106 Å². The van der Waals surface area contributed by atoms with Crippen molar-refractivity contribution in [1.29, 1.82) is 0 Å². The Morgan fingerprint density at radius 1 is 0.365 bits per heavy atom. The van der Waals surface area contributed by atoms with Crippen LogP contribution < -0.4 is 29.4 Å². The number of benzene rings is 9. The van der Waals surface area contributed by atoms with Gasteiger partial charge in [-0.2, -0.15) is 0 Å². The smallest absolute Gasteiger partial charge is 0.108 e. The van der Waals surface area contributed by atoms with Crippen LogP contribution in [0.3, 0.4) is 0 Å². The molecule has 3 aromatic heterocycles. The fraction of sp³-hybridized carbons (Fsp3) is 0.197. The number of para-hydroxylation sites is 7. The fourth-order valence-corrected chi connectivity index (χ4v) is 14.1. The lowest BCUT2D eigenvalue weighted by Gasteiger charge is -2.38. The van der Waals surface area contributed by atoms with Crippen LogP contribution in [0.2, 0.25) is 0 Å². The van der Waals surface area contributed by atoms with Gasteiger partial charge < -0.3 is 29.4 Å². The largest absolute Gasteiger partial charge is 0.346 e. The van der Waals surface area contributed by atoms with Crippen LogP contribution in [-0.2, 0) is 0 Å². The molecule has 16 rings (SSSR count). The minimum absolute atomic E-state index is 0.117. The summed E-state index contributed by atoms with van der Waals surface area (Å²) >= 11 is 0. The number of nitrogens with zero attached hydrogens (tertiary/aromatic N) is 9. The third kappa shape index (κ3) is 9.39. The molecule has 0 radical (unpaired) electrons. The lowest BCUT2D eigenvalue weighted by atomic mass is 9.93. The fourth-order valence-electron chi connectivity index (χ4n) is 14.1. The summed E-state index contributed by atoms with van der Waals surface area (Å²) in [6.45, 7) is 13.4. The molecule has 9 aromatic carbocycles. The quantitative estimate of drug-likeness (QED) is 0.162. The SMILES string of the molecule is Cc1c(N2c3ccccc3N(c3ccc4ccccc4c3)[C@@H]2C)ccc2cccnc12.Cc1c(N2c3ccccc3N(c3ccccc3)[C@@H]2C)ccc2ncccc12.[2H]C1(N2c3ccccc3N(c3ccc4cnccc4c3C)[C@H]2C)CCCCC1. The number of hydrogen-bond acceptors (Lipinski definition) is 9. The van der Waals surface area contributed by atoms with E-state index in [1.165, 1.54) is 118 Å². The van der Waals surface area contributed by atoms with Crippen molar-refractivity contribution in [2.75, 3.05) is 29.4 Å². The van der Waals surface area contributed by atoms with Gasteiger partial charge in [0.05, 0.1) is 46.5 Å². The maximum atomic E-state index is 9.31. The van der Waals surface area contributed by atoms with E-state index < -0.39 is 6.02 Å². The molecule has 1 saturated carbocycles. The highest BCUT2D eigenvalue weighted by atomic mass is 15.4. The molecule has 0 saturated heterocycles. The molecule has 0 unspecified atom stereocenters. The second kappa shape index (κ2) is 22.4. The molecule has 9 heteroatoms. The Morgan fingerprint density at radius 3 is 1.56 bits per heavy atom. The van der Waals surface area contributed by atoms with Gasteiger partial charge in [0.2, 0.25) is 0 Å². The lowest BCUT2D eigenvalue weighted by Crippen LogP contribution is -2.45. The van der Waals surface area contributed by atoms with Gasteiger partial charge in [-0.25, -0.2) is 0 Å². The van der Waals surface area contributed by atoms with E-state index in [1.807, 2.05) is 36.9 Å². The van der Waals surface area contributed by atoms with Crippen molar-refractivity contribution < 1.29 is 1.37 Å². The molecule has 0 N–H and O–H groups in total. The van der Waals surface area contributed by atoms with Gasteiger partial charge >= 0.3 is 0 Å². The average Bonchev–Trinajstić information content (AvgIpc) is 1.94. The number of fused-ring (bicyclic) bond motifs is 7. The Balaban J connectivity index is 0.000000114. The van der Waals surface area contributed by atoms with Crippen molar-refractivity contribution in [2.24, 2.45) is 0 Å². The molecular formula is C76H71N9. The highest BCUT2D eigenvalue weighted by Gasteiger charge is 2.40. The molecule has 9 nitrogen and oxygen atoms in total. The summed E-state index contributed by atoms with van der Waals surface area (Å²) in [5.41, 5.74) is 19.2. The number of aryl methyl sites for hydroxylation is 3. The van der Waals surface area contributed by atoms with Crippen molar-refractivity contribution in [1.82, 2.24) is 15.0 Å². The molecule has 0 spiro atoms. The van der Waals surface area contributed by atoms with E-state index in [9.17, 15) is 1.37 Å². The zero-order chi connectivity index (χ0) is 58.6. The minimum atomic E-state index is -0.517. The summed E-state index contributed by atoms with van der Waals surface area (Å²) < 4.78 is 9.31. The molecule has 3 aliphatic heterocycles. The third-order valence-corrected chi connectivity index (χ3v) is 18.1. The first kappa shape index (κ1) is 52.1. The van der Waals surface area contributed by atoms with Gasteiger partial charge in [0.1, 0.15) is 18.5 Å². The summed E-state index contributed by atoms with van der Waals surface area (Å²) in [6.07, 6.45) is 13.4. The normalized spacial score (nSPS) is 17.8. The number of rotatable bonds is 6. The van der Waals surface area contributed by atoms with E-state index in [-0.39, 0.29) is 18.5 Å². The van der Waals surface area contributed by atoms with Crippen LogP contribution in [0.1, 0.15) is 70.9 Å². The second-order valence-corrected chi connectivity index (χ2v) is 22.9. The van der Waals surface area contributed by atoms with E-state index in [2.05, 4.69) is 286 Å². The number of anilines is 11. The topological polar surface area (TPSA) is 58.1 Å². The van der Waals surface area contributed by atoms with Crippen LogP contribution in [0, 0.1) is 20.8 Å². The molecule has 0 bridgehead atoms. The van der Waals surface area contributed by atoms with E-state index >= 15 is 0 Å². The minimum Gasteiger partial charge on any atom is -0.346 e. The van der Waals surface area contributed by atoms with Gasteiger partial charge in [0.15, 0.2) is 0 Å². The predicted octanol–water partition coefficient (Wildman–Crippen LogP) is 19.7. The summed E-state index contributed by atoms with van der Waals surface area (Å²) in [5, 5.41) is 7.32. The summed E-state index contributed by atoms with van der Waals surface area (Å²) in [4.78, 5) is 28.0. The van der Waals surface area contributed by atoms with Crippen LogP contribution in [0.5, 0.6) is 0 Å². The van der Waals surface area contributed by atoms with E-state index in [1.54, 1.807) is 0 Å². The van der Waals surface area contributed by atoms with Crippen LogP contribution in [0.4, 0.5) is 62.6 Å². The monoisotopic (exact) mass is 1110 g/mol. The van der Waals surface area contributed by atoms with Crippen LogP contribution >= 0.6 is 0 Å². The first-order valence-corrected chi connectivity index (χ1v) is 30.2. The van der Waals surface area contributed by atoms with Crippen LogP contribution in [-0.4, -0.2) is 39.5 Å². The zero-order valence-electron chi connectivity index (χ0n) is 50.3. The Hall–Kier alpha value is -9.73. The molecule has 420 valence electrons. The first-order chi connectivity index (χ1) is 42.1. The van der Waals surface area contributed by atoms with Gasteiger partial charge in [-0.1, -0.05) is 128 Å². The Kier molecular flexibility index (Phi) is 13.8. The zero-order valence-corrected chi connectivity index (χ0v) is 49.3. The number of pyridine rings is 3. The highest BCUT2D eigenvalue weighted by Crippen LogP contribution is 2.52. The second-order valence-electron chi connectivity index (χ2n) is 22.9. The molecule has 85 heavy (non-hydrogen) atoms. The lowest BCUT2D eigenvalue weighted by molar-refractivity contribution is 0.400. The van der Waals surface area contributed by atoms with Crippen molar-refractivity contribution in [3.63, 3.8) is 0 Å². The molecule has 1 fully saturated rings. The van der Waals surface area contributed by atoms with E-state index in [0.29, 0.717) is 0 Å². The Morgan fingerprint density at radius 2 is 0.871 bits per heavy atom. The van der Waals surface area contributed by atoms with Crippen LogP contribution in [0.25, 0.3) is 43.4 Å². The van der Waals surface area contributed by atoms with Gasteiger partial charge in [-0.3, -0.25) is 15.0 Å². The van der Waals surface area contributed by atoms with E-state index in [0.717, 1.165) is 36.7 Å². The summed E-state index contributed by atoms with van der Waals surface area (Å²) in [7, 11) is 0. The van der Waals surface area contributed by atoms with Crippen molar-refractivity contribution in [3.8, 4) is 0 Å². The Bertz CT molecular complexity index is 4490. The number of hydrogen-bond donors (Lipinski definition) is 0. The van der Waals surface area contributed by atoms with Gasteiger partial charge in [-0.05, 0) is 190 Å². The van der Waals surface area contributed by atoms with E-state index in [4.69, 9.17) is 0 Å². The third-order valence-electron chi connectivity index (χ3n) is 18.1. The Labute approximate surface area is 501 Å². The van der Waals surface area contributed by atoms with Gasteiger partial charge in [0, 0.05) is 75.4 Å². The number of aromatic nitrogens is 3. The molecule has 6 heterocycles. The molecule has 1 aliphatic carbocycles. The summed E-state index contributed by atoms with van der Waals surface area (Å²) in [5.74, 6) is 0. The van der Waals surface area contributed by atoms with Gasteiger partial charge in [0.25, 0.3) is 0 Å². The van der Waals surface area contributed by atoms with Crippen molar-refractivity contribution in [2.45, 2.75) is 98.2 Å². The average molecular weight is 1110 g/mol. The maximum absolute atomic E-state index is 9.31. The molecule has 12 aromatic rings. The van der Waals surface area contributed by atoms with Gasteiger partial charge in [-0.15, -0.1) is 0 Å². The highest BCUT2D eigenvalue weighted by molar-refractivity contribution is 5.98. The maximum Gasteiger partial charge on any atom is 0.108 e. The van der Waals surface area contributed by atoms with Crippen LogP contribution in [0.15, 0.2) is 237 Å². The first-order valence-electron chi connectivity index (χ1n) is 30.7. The molecule has 3 atom stereocenters. The molecular weight excluding hydrogens is 1040 g/mol. The predicted molar refractivity (Wildman–Crippen MR) is 358 cm³/mol. The molecule has 4 aliphatic rings. The molecule has 0 amide bonds. The standard InChI is InChI=1S/C28H23N3.C24H21N3.C24H27N3/c1-19-25(16-14-22-10-7-17-29-28(19)22)31-20(2)30(26-11-5-6-12-27(26)31)24-15-13-21-8-3-4-9-23(21)18-24;1-17-20-11-8-16-25-21(20)14-15-22(17)27-18(2)26(19-9-4-3-5-10-19)23-12-6-7-13-24(23)27;1-17-21-14-15-25-16-19(21)12-13-22(17)27-18(2)26(20-8-4-3-5-9-20)23-10-6-7-11-24(23)27/h3-18,20H,1-2H3;3-16,18H,1-2H3;6-7,10-16,18,20H,3-5,8-9H2,1-2H3/t20-;2*18-/m000/s1/i;;20D. The van der Waals surface area contributed by atoms with Crippen molar-refractivity contribution in [3.05, 3.63) is 254 Å². The summed E-state index contributed by atoms with van der Waals surface area (Å²) in [6, 6.07) is 74.8.